The zero-order valence-electron chi connectivity index (χ0n) is 19.9. The van der Waals surface area contributed by atoms with Gasteiger partial charge in [0.05, 0.1) is 23.5 Å². The van der Waals surface area contributed by atoms with Gasteiger partial charge in [-0.25, -0.2) is 9.97 Å². The van der Waals surface area contributed by atoms with E-state index in [1.54, 1.807) is 61.4 Å². The first kappa shape index (κ1) is 25.0. The second kappa shape index (κ2) is 9.67. The second-order valence-corrected chi connectivity index (χ2v) is 9.55. The summed E-state index contributed by atoms with van der Waals surface area (Å²) >= 11 is 18.0. The van der Waals surface area contributed by atoms with Crippen LogP contribution in [-0.4, -0.2) is 26.2 Å². The van der Waals surface area contributed by atoms with Gasteiger partial charge in [-0.3, -0.25) is 9.59 Å². The van der Waals surface area contributed by atoms with Gasteiger partial charge < -0.3 is 13.9 Å². The Balaban J connectivity index is 0.000000152. The van der Waals surface area contributed by atoms with E-state index in [-0.39, 0.29) is 16.3 Å². The number of fused-ring (bicyclic) bond motifs is 6. The summed E-state index contributed by atoms with van der Waals surface area (Å²) in [6, 6.07) is 14.5. The van der Waals surface area contributed by atoms with E-state index < -0.39 is 0 Å². The van der Waals surface area contributed by atoms with Crippen molar-refractivity contribution < 1.29 is 4.74 Å². The Morgan fingerprint density at radius 2 is 1.16 bits per heavy atom. The van der Waals surface area contributed by atoms with Crippen molar-refractivity contribution in [2.45, 2.75) is 0 Å². The lowest BCUT2D eigenvalue weighted by Gasteiger charge is -2.10. The van der Waals surface area contributed by atoms with Crippen molar-refractivity contribution in [3.05, 3.63) is 96.8 Å². The first-order valence-electron chi connectivity index (χ1n) is 11.1. The monoisotopic (exact) mass is 552 g/mol. The first-order chi connectivity index (χ1) is 17.7. The largest absolute Gasteiger partial charge is 0.480 e. The predicted octanol–water partition coefficient (Wildman–Crippen LogP) is 6.14. The molecule has 0 unspecified atom stereocenters. The number of pyridine rings is 4. The lowest BCUT2D eigenvalue weighted by Crippen LogP contribution is -2.18. The molecule has 2 aromatic carbocycles. The highest BCUT2D eigenvalue weighted by molar-refractivity contribution is 6.35. The maximum absolute atomic E-state index is 12.4. The zero-order chi connectivity index (χ0) is 26.4. The number of halogens is 3. The molecule has 0 saturated carbocycles. The van der Waals surface area contributed by atoms with Crippen molar-refractivity contribution in [2.75, 3.05) is 7.11 Å². The molecule has 0 amide bonds. The van der Waals surface area contributed by atoms with Gasteiger partial charge in [0.25, 0.3) is 11.1 Å². The molecule has 0 atom stereocenters. The molecular weight excluding hydrogens is 535 g/mol. The zero-order valence-corrected chi connectivity index (χ0v) is 22.2. The molecule has 0 aliphatic rings. The number of benzene rings is 2. The summed E-state index contributed by atoms with van der Waals surface area (Å²) in [5.74, 6) is 0.343. The molecule has 6 rings (SSSR count). The van der Waals surface area contributed by atoms with Crippen LogP contribution in [0.5, 0.6) is 5.88 Å². The summed E-state index contributed by atoms with van der Waals surface area (Å²) in [5, 5.41) is 5.85. The molecule has 7 nitrogen and oxygen atoms in total. The quantitative estimate of drug-likeness (QED) is 0.180. The van der Waals surface area contributed by atoms with Gasteiger partial charge in [0.1, 0.15) is 10.5 Å². The minimum absolute atomic E-state index is 0.144. The summed E-state index contributed by atoms with van der Waals surface area (Å²) in [4.78, 5) is 32.8. The average molecular weight is 554 g/mol. The summed E-state index contributed by atoms with van der Waals surface area (Å²) in [6.45, 7) is 0. The molecule has 0 bridgehead atoms. The van der Waals surface area contributed by atoms with E-state index in [4.69, 9.17) is 39.5 Å². The molecular formula is C27H19Cl3N4O3. The van der Waals surface area contributed by atoms with Gasteiger partial charge in [-0.1, -0.05) is 46.9 Å². The van der Waals surface area contributed by atoms with E-state index in [1.807, 2.05) is 18.2 Å². The number of hydrogen-bond donors (Lipinski definition) is 0. The van der Waals surface area contributed by atoms with E-state index >= 15 is 0 Å². The van der Waals surface area contributed by atoms with Crippen molar-refractivity contribution in [3.8, 4) is 5.88 Å². The van der Waals surface area contributed by atoms with Crippen molar-refractivity contribution in [3.63, 3.8) is 0 Å². The minimum atomic E-state index is -0.169. The molecule has 0 fully saturated rings. The molecule has 37 heavy (non-hydrogen) atoms. The molecule has 0 radical (unpaired) electrons. The van der Waals surface area contributed by atoms with Crippen LogP contribution in [0.2, 0.25) is 15.2 Å². The molecule has 10 heteroatoms. The molecule has 186 valence electrons. The SMILES string of the molecule is COc1nccc2c1c(=O)n(C)c1cc(Cl)ccc21.Cn1c(=O)c2c(Cl)nccc2c2ccc(Cl)cc21. The number of nitrogens with zero attached hydrogens (tertiary/aromatic N) is 4. The molecule has 6 aromatic rings. The molecule has 0 aliphatic heterocycles. The lowest BCUT2D eigenvalue weighted by molar-refractivity contribution is 0.403. The number of aromatic nitrogens is 4. The Hall–Kier alpha value is -3.65. The van der Waals surface area contributed by atoms with Crippen LogP contribution < -0.4 is 15.9 Å². The Morgan fingerprint density at radius 3 is 1.70 bits per heavy atom. The number of methoxy groups -OCH3 is 1. The number of hydrogen-bond acceptors (Lipinski definition) is 5. The van der Waals surface area contributed by atoms with Crippen LogP contribution in [0.1, 0.15) is 0 Å². The lowest BCUT2D eigenvalue weighted by atomic mass is 10.1. The molecule has 4 aromatic heterocycles. The maximum Gasteiger partial charge on any atom is 0.264 e. The predicted molar refractivity (Wildman–Crippen MR) is 151 cm³/mol. The summed E-state index contributed by atoms with van der Waals surface area (Å²) in [6.07, 6.45) is 3.23. The van der Waals surface area contributed by atoms with Crippen LogP contribution in [0, 0.1) is 0 Å². The third-order valence-electron chi connectivity index (χ3n) is 6.27. The fourth-order valence-corrected chi connectivity index (χ4v) is 5.04. The Morgan fingerprint density at radius 1 is 0.676 bits per heavy atom. The van der Waals surface area contributed by atoms with E-state index in [2.05, 4.69) is 9.97 Å². The van der Waals surface area contributed by atoms with Gasteiger partial charge in [-0.05, 0) is 36.4 Å². The molecule has 4 heterocycles. The van der Waals surface area contributed by atoms with Gasteiger partial charge in [-0.2, -0.15) is 0 Å². The van der Waals surface area contributed by atoms with E-state index in [9.17, 15) is 9.59 Å². The van der Waals surface area contributed by atoms with Crippen LogP contribution in [0.15, 0.2) is 70.5 Å². The van der Waals surface area contributed by atoms with Crippen LogP contribution in [-0.2, 0) is 14.1 Å². The highest BCUT2D eigenvalue weighted by atomic mass is 35.5. The standard InChI is InChI=1S/C14H11ClN2O2.C13H8Cl2N2O/c1-17-11-7-8(15)3-4-9(11)10-5-6-16-13(19-2)12(10)14(17)18;1-17-10-6-7(14)2-3-8(10)9-4-5-16-12(15)11(9)13(17)18/h3-7H,1-2H3;2-6H,1H3. The average Bonchev–Trinajstić information content (AvgIpc) is 2.90. The Labute approximate surface area is 225 Å². The van der Waals surface area contributed by atoms with Gasteiger partial charge >= 0.3 is 0 Å². The summed E-state index contributed by atoms with van der Waals surface area (Å²) in [7, 11) is 4.92. The number of aryl methyl sites for hydroxylation is 2. The minimum Gasteiger partial charge on any atom is -0.480 e. The molecule has 0 N–H and O–H groups in total. The van der Waals surface area contributed by atoms with Gasteiger partial charge in [0, 0.05) is 58.1 Å². The van der Waals surface area contributed by atoms with Gasteiger partial charge in [-0.15, -0.1) is 0 Å². The van der Waals surface area contributed by atoms with Crippen LogP contribution in [0.25, 0.3) is 43.4 Å². The van der Waals surface area contributed by atoms with Gasteiger partial charge in [0.2, 0.25) is 5.88 Å². The van der Waals surface area contributed by atoms with Crippen molar-refractivity contribution in [1.29, 1.82) is 0 Å². The third kappa shape index (κ3) is 4.19. The van der Waals surface area contributed by atoms with Crippen LogP contribution in [0.3, 0.4) is 0 Å². The van der Waals surface area contributed by atoms with Crippen LogP contribution in [0.4, 0.5) is 0 Å². The highest BCUT2D eigenvalue weighted by Crippen LogP contribution is 2.29. The fraction of sp³-hybridized carbons (Fsp3) is 0.111. The van der Waals surface area contributed by atoms with E-state index in [0.717, 1.165) is 32.6 Å². The highest BCUT2D eigenvalue weighted by Gasteiger charge is 2.14. The Kier molecular flexibility index (Phi) is 6.54. The topological polar surface area (TPSA) is 79.0 Å². The smallest absolute Gasteiger partial charge is 0.264 e. The summed E-state index contributed by atoms with van der Waals surface area (Å²) < 4.78 is 8.29. The molecule has 0 spiro atoms. The van der Waals surface area contributed by atoms with E-state index in [0.29, 0.717) is 26.7 Å². The third-order valence-corrected chi connectivity index (χ3v) is 7.03. The Bertz CT molecular complexity index is 1980. The normalized spacial score (nSPS) is 11.2. The van der Waals surface area contributed by atoms with Gasteiger partial charge in [0.15, 0.2) is 0 Å². The van der Waals surface area contributed by atoms with Crippen molar-refractivity contribution >= 4 is 78.2 Å². The second-order valence-electron chi connectivity index (χ2n) is 8.32. The molecule has 0 aliphatic carbocycles. The number of ether oxygens (including phenoxy) is 1. The van der Waals surface area contributed by atoms with Crippen molar-refractivity contribution in [2.24, 2.45) is 14.1 Å². The van der Waals surface area contributed by atoms with Crippen molar-refractivity contribution in [1.82, 2.24) is 19.1 Å². The van der Waals surface area contributed by atoms with E-state index in [1.165, 1.54) is 11.7 Å². The fourth-order valence-electron chi connectivity index (χ4n) is 4.47. The first-order valence-corrected chi connectivity index (χ1v) is 12.2. The summed E-state index contributed by atoms with van der Waals surface area (Å²) in [5.41, 5.74) is 1.26. The molecule has 0 saturated heterocycles. The van der Waals surface area contributed by atoms with Crippen LogP contribution >= 0.6 is 34.8 Å². The number of rotatable bonds is 1. The maximum atomic E-state index is 12.4.